The molecule has 2 aromatic rings. The smallest absolute Gasteiger partial charge is 0.285 e. The highest BCUT2D eigenvalue weighted by atomic mass is 32.2. The van der Waals surface area contributed by atoms with Gasteiger partial charge in [-0.05, 0) is 60.3 Å². The molecule has 0 aromatic heterocycles. The maximum absolute atomic E-state index is 12.8. The number of benzene rings is 2. The second kappa shape index (κ2) is 8.35. The minimum Gasteiger partial charge on any atom is -0.484 e. The number of amides is 2. The van der Waals surface area contributed by atoms with Crippen LogP contribution in [0.25, 0.3) is 0 Å². The molecular weight excluding hydrogens is 331 g/mol. The van der Waals surface area contributed by atoms with E-state index in [2.05, 4.69) is 5.32 Å². The molecule has 0 atom stereocenters. The molecule has 0 saturated carbocycles. The Morgan fingerprint density at radius 3 is 2.29 bits per heavy atom. The molecular formula is C17H17FN2O3S. The molecule has 0 aliphatic rings. The lowest BCUT2D eigenvalue weighted by molar-refractivity contribution is -0.118. The van der Waals surface area contributed by atoms with Gasteiger partial charge in [-0.15, -0.1) is 0 Å². The molecule has 24 heavy (non-hydrogen) atoms. The maximum Gasteiger partial charge on any atom is 0.285 e. The molecule has 126 valence electrons. The molecule has 0 bridgehead atoms. The van der Waals surface area contributed by atoms with Crippen molar-refractivity contribution in [1.29, 1.82) is 0 Å². The van der Waals surface area contributed by atoms with Crippen LogP contribution in [0.3, 0.4) is 0 Å². The van der Waals surface area contributed by atoms with Gasteiger partial charge in [0.05, 0.1) is 0 Å². The normalized spacial score (nSPS) is 10.1. The third-order valence-corrected chi connectivity index (χ3v) is 3.94. The second-order valence-electron chi connectivity index (χ2n) is 5.08. The van der Waals surface area contributed by atoms with Gasteiger partial charge in [0.2, 0.25) is 0 Å². The third kappa shape index (κ3) is 5.58. The summed E-state index contributed by atoms with van der Waals surface area (Å²) < 4.78 is 18.0. The van der Waals surface area contributed by atoms with Crippen LogP contribution in [0.5, 0.6) is 5.75 Å². The maximum atomic E-state index is 12.8. The highest BCUT2D eigenvalue weighted by Crippen LogP contribution is 2.22. The number of halogens is 1. The monoisotopic (exact) mass is 348 g/mol. The molecule has 0 saturated heterocycles. The van der Waals surface area contributed by atoms with Gasteiger partial charge in [-0.1, -0.05) is 0 Å². The number of thioether (sulfide) groups is 1. The number of rotatable bonds is 5. The Balaban J connectivity index is 1.83. The van der Waals surface area contributed by atoms with Crippen LogP contribution in [0.1, 0.15) is 0 Å². The van der Waals surface area contributed by atoms with E-state index in [1.54, 1.807) is 38.4 Å². The first kappa shape index (κ1) is 17.8. The van der Waals surface area contributed by atoms with E-state index in [1.807, 2.05) is 0 Å². The first-order chi connectivity index (χ1) is 11.4. The van der Waals surface area contributed by atoms with Gasteiger partial charge in [0.1, 0.15) is 11.6 Å². The van der Waals surface area contributed by atoms with Crippen LogP contribution in [0, 0.1) is 5.82 Å². The van der Waals surface area contributed by atoms with Crippen LogP contribution in [-0.4, -0.2) is 36.7 Å². The summed E-state index contributed by atoms with van der Waals surface area (Å²) in [4.78, 5) is 25.7. The van der Waals surface area contributed by atoms with Gasteiger partial charge in [0.25, 0.3) is 11.1 Å². The van der Waals surface area contributed by atoms with E-state index in [0.717, 1.165) is 16.7 Å². The van der Waals surface area contributed by atoms with Crippen LogP contribution < -0.4 is 10.1 Å². The number of ether oxygens (including phenoxy) is 1. The minimum absolute atomic E-state index is 0.0699. The Kier molecular flexibility index (Phi) is 6.20. The van der Waals surface area contributed by atoms with Crippen LogP contribution in [-0.2, 0) is 4.79 Å². The molecule has 5 nitrogen and oxygen atoms in total. The van der Waals surface area contributed by atoms with Crippen LogP contribution in [0.15, 0.2) is 53.4 Å². The van der Waals surface area contributed by atoms with Crippen LogP contribution in [0.4, 0.5) is 14.9 Å². The van der Waals surface area contributed by atoms with Gasteiger partial charge in [-0.3, -0.25) is 9.59 Å². The summed E-state index contributed by atoms with van der Waals surface area (Å²) in [6.07, 6.45) is 0. The largest absolute Gasteiger partial charge is 0.484 e. The summed E-state index contributed by atoms with van der Waals surface area (Å²) in [7, 11) is 3.37. The summed E-state index contributed by atoms with van der Waals surface area (Å²) in [5, 5.41) is 2.61. The Hall–Kier alpha value is -2.54. The predicted octanol–water partition coefficient (Wildman–Crippen LogP) is 3.62. The van der Waals surface area contributed by atoms with E-state index in [1.165, 1.54) is 29.2 Å². The van der Waals surface area contributed by atoms with Crippen molar-refractivity contribution in [3.05, 3.63) is 54.3 Å². The fraction of sp³-hybridized carbons (Fsp3) is 0.176. The average molecular weight is 348 g/mol. The standard InChI is InChI=1S/C17H17FN2O3S/c1-20(2)17(22)24-15-9-5-13(6-10-15)19-16(21)11-23-14-7-3-12(18)4-8-14/h3-10H,11H2,1-2H3,(H,19,21). The summed E-state index contributed by atoms with van der Waals surface area (Å²) in [6.45, 7) is -0.179. The topological polar surface area (TPSA) is 58.6 Å². The number of hydrogen-bond acceptors (Lipinski definition) is 4. The fourth-order valence-corrected chi connectivity index (χ4v) is 2.33. The zero-order chi connectivity index (χ0) is 17.5. The van der Waals surface area contributed by atoms with E-state index < -0.39 is 0 Å². The Bertz CT molecular complexity index is 703. The van der Waals surface area contributed by atoms with Gasteiger partial charge in [0, 0.05) is 24.7 Å². The van der Waals surface area contributed by atoms with Gasteiger partial charge in [-0.2, -0.15) is 0 Å². The van der Waals surface area contributed by atoms with Crippen LogP contribution >= 0.6 is 11.8 Å². The summed E-state index contributed by atoms with van der Waals surface area (Å²) in [5.74, 6) is -0.276. The van der Waals surface area contributed by atoms with Gasteiger partial charge >= 0.3 is 0 Å². The lowest BCUT2D eigenvalue weighted by atomic mass is 10.3. The number of hydrogen-bond donors (Lipinski definition) is 1. The molecule has 0 unspecified atom stereocenters. The van der Waals surface area contributed by atoms with Crippen molar-refractivity contribution in [2.45, 2.75) is 4.90 Å². The predicted molar refractivity (Wildman–Crippen MR) is 91.9 cm³/mol. The zero-order valence-corrected chi connectivity index (χ0v) is 14.1. The van der Waals surface area contributed by atoms with Gasteiger partial charge < -0.3 is 15.0 Å². The van der Waals surface area contributed by atoms with Crippen molar-refractivity contribution in [2.75, 3.05) is 26.0 Å². The second-order valence-corrected chi connectivity index (χ2v) is 6.10. The third-order valence-electron chi connectivity index (χ3n) is 2.89. The molecule has 0 fully saturated rings. The fourth-order valence-electron chi connectivity index (χ4n) is 1.68. The van der Waals surface area contributed by atoms with Crippen LogP contribution in [0.2, 0.25) is 0 Å². The number of anilines is 1. The molecule has 7 heteroatoms. The van der Waals surface area contributed by atoms with E-state index in [-0.39, 0.29) is 23.6 Å². The molecule has 0 heterocycles. The molecule has 0 radical (unpaired) electrons. The molecule has 2 rings (SSSR count). The Morgan fingerprint density at radius 1 is 1.08 bits per heavy atom. The highest BCUT2D eigenvalue weighted by molar-refractivity contribution is 8.13. The van der Waals surface area contributed by atoms with Gasteiger partial charge in [-0.25, -0.2) is 4.39 Å². The number of carbonyl (C=O) groups is 2. The van der Waals surface area contributed by atoms with E-state index >= 15 is 0 Å². The van der Waals surface area contributed by atoms with Crippen molar-refractivity contribution < 1.29 is 18.7 Å². The first-order valence-electron chi connectivity index (χ1n) is 7.11. The summed E-state index contributed by atoms with van der Waals surface area (Å²) in [5.41, 5.74) is 0.601. The average Bonchev–Trinajstić information content (AvgIpc) is 2.56. The van der Waals surface area contributed by atoms with E-state index in [4.69, 9.17) is 4.74 Å². The van der Waals surface area contributed by atoms with E-state index in [9.17, 15) is 14.0 Å². The van der Waals surface area contributed by atoms with Crippen molar-refractivity contribution in [2.24, 2.45) is 0 Å². The quantitative estimate of drug-likeness (QED) is 0.839. The lowest BCUT2D eigenvalue weighted by Gasteiger charge is -2.10. The summed E-state index contributed by atoms with van der Waals surface area (Å²) >= 11 is 1.11. The molecule has 0 aliphatic carbocycles. The number of nitrogens with one attached hydrogen (secondary N) is 1. The summed E-state index contributed by atoms with van der Waals surface area (Å²) in [6, 6.07) is 12.4. The molecule has 0 aliphatic heterocycles. The molecule has 1 N–H and O–H groups in total. The van der Waals surface area contributed by atoms with Crippen molar-refractivity contribution in [3.8, 4) is 5.75 Å². The Morgan fingerprint density at radius 2 is 1.71 bits per heavy atom. The first-order valence-corrected chi connectivity index (χ1v) is 7.93. The molecule has 2 amide bonds. The van der Waals surface area contributed by atoms with E-state index in [0.29, 0.717) is 11.4 Å². The molecule has 2 aromatic carbocycles. The van der Waals surface area contributed by atoms with Crippen molar-refractivity contribution >= 4 is 28.6 Å². The van der Waals surface area contributed by atoms with Crippen molar-refractivity contribution in [3.63, 3.8) is 0 Å². The Labute approximate surface area is 143 Å². The highest BCUT2D eigenvalue weighted by Gasteiger charge is 2.08. The van der Waals surface area contributed by atoms with Crippen molar-refractivity contribution in [1.82, 2.24) is 4.90 Å². The SMILES string of the molecule is CN(C)C(=O)Sc1ccc(NC(=O)COc2ccc(F)cc2)cc1. The van der Waals surface area contributed by atoms with Gasteiger partial charge in [0.15, 0.2) is 6.61 Å². The minimum atomic E-state index is -0.363. The molecule has 0 spiro atoms. The zero-order valence-electron chi connectivity index (χ0n) is 13.3. The number of nitrogens with zero attached hydrogens (tertiary/aromatic N) is 1. The number of carbonyl (C=O) groups excluding carboxylic acids is 2. The lowest BCUT2D eigenvalue weighted by Crippen LogP contribution is -2.20.